The summed E-state index contributed by atoms with van der Waals surface area (Å²) in [6.07, 6.45) is 1.60. The van der Waals surface area contributed by atoms with Gasteiger partial charge in [-0.2, -0.15) is 0 Å². The zero-order valence-corrected chi connectivity index (χ0v) is 9.62. The molecule has 5 N–H and O–H groups in total. The topological polar surface area (TPSA) is 77.0 Å². The molecular weight excluding hydrogens is 190 g/mol. The van der Waals surface area contributed by atoms with Crippen LogP contribution in [-0.4, -0.2) is 43.7 Å². The number of hydrogen-bond donors (Lipinski definition) is 3. The molecule has 0 bridgehead atoms. The third kappa shape index (κ3) is 4.03. The van der Waals surface area contributed by atoms with Crippen molar-refractivity contribution < 1.29 is 4.48 Å². The Hall–Kier alpha value is -1.49. The summed E-state index contributed by atoms with van der Waals surface area (Å²) in [5, 5.41) is 3.19. The van der Waals surface area contributed by atoms with Crippen molar-refractivity contribution in [3.05, 3.63) is 12.3 Å². The zero-order valence-electron chi connectivity index (χ0n) is 9.62. The number of nitrogens with two attached hydrogens (primary N) is 2. The number of nitrogen functional groups attached to an aromatic ring is 2. The van der Waals surface area contributed by atoms with Crippen molar-refractivity contribution in [2.75, 3.05) is 51.0 Å². The Morgan fingerprint density at radius 1 is 1.33 bits per heavy atom. The maximum absolute atomic E-state index is 5.76. The third-order valence-electron chi connectivity index (χ3n) is 2.01. The van der Waals surface area contributed by atoms with E-state index >= 15 is 0 Å². The van der Waals surface area contributed by atoms with E-state index in [0.29, 0.717) is 17.2 Å². The van der Waals surface area contributed by atoms with Crippen LogP contribution in [0.1, 0.15) is 0 Å². The maximum atomic E-state index is 5.76. The molecule has 0 spiro atoms. The van der Waals surface area contributed by atoms with Gasteiger partial charge < -0.3 is 21.3 Å². The summed E-state index contributed by atoms with van der Waals surface area (Å²) in [7, 11) is 6.42. The smallest absolute Gasteiger partial charge is 0.149 e. The molecule has 1 rings (SSSR count). The number of quaternary nitrogens is 1. The molecule has 0 aliphatic rings. The molecular formula is C10H20N5+. The van der Waals surface area contributed by atoms with Gasteiger partial charge in [-0.15, -0.1) is 0 Å². The van der Waals surface area contributed by atoms with Crippen molar-refractivity contribution >= 4 is 17.2 Å². The largest absolute Gasteiger partial charge is 0.397 e. The van der Waals surface area contributed by atoms with Crippen molar-refractivity contribution in [1.82, 2.24) is 4.98 Å². The van der Waals surface area contributed by atoms with E-state index in [-0.39, 0.29) is 0 Å². The van der Waals surface area contributed by atoms with Gasteiger partial charge in [-0.05, 0) is 6.07 Å². The molecule has 5 nitrogen and oxygen atoms in total. The Kier molecular flexibility index (Phi) is 3.36. The molecule has 0 fully saturated rings. The number of aromatic nitrogens is 1. The highest BCUT2D eigenvalue weighted by molar-refractivity contribution is 5.65. The number of likely N-dealkylation sites (N-methyl/N-ethyl adjacent to an activating group) is 1. The van der Waals surface area contributed by atoms with Crippen LogP contribution >= 0.6 is 0 Å². The van der Waals surface area contributed by atoms with Gasteiger partial charge in [0.05, 0.1) is 51.8 Å². The highest BCUT2D eigenvalue weighted by atomic mass is 15.3. The van der Waals surface area contributed by atoms with Crippen LogP contribution < -0.4 is 16.8 Å². The molecule has 0 radical (unpaired) electrons. The Labute approximate surface area is 90.7 Å². The summed E-state index contributed by atoms with van der Waals surface area (Å²) in [5.41, 5.74) is 12.5. The van der Waals surface area contributed by atoms with E-state index in [1.54, 1.807) is 12.3 Å². The number of pyridine rings is 1. The number of nitrogens with zero attached hydrogens (tertiary/aromatic N) is 2. The van der Waals surface area contributed by atoms with Crippen LogP contribution in [0.2, 0.25) is 0 Å². The van der Waals surface area contributed by atoms with E-state index in [9.17, 15) is 0 Å². The lowest BCUT2D eigenvalue weighted by Gasteiger charge is -2.24. The second-order valence-corrected chi connectivity index (χ2v) is 4.65. The predicted molar refractivity (Wildman–Crippen MR) is 64.5 cm³/mol. The molecule has 5 heteroatoms. The van der Waals surface area contributed by atoms with Crippen molar-refractivity contribution in [1.29, 1.82) is 0 Å². The summed E-state index contributed by atoms with van der Waals surface area (Å²) in [6.45, 7) is 1.84. The molecule has 0 aliphatic carbocycles. The lowest BCUT2D eigenvalue weighted by molar-refractivity contribution is -0.868. The molecule has 84 valence electrons. The van der Waals surface area contributed by atoms with Gasteiger partial charge in [0.15, 0.2) is 0 Å². The molecule has 15 heavy (non-hydrogen) atoms. The lowest BCUT2D eigenvalue weighted by Crippen LogP contribution is -2.38. The molecule has 1 aromatic rings. The SMILES string of the molecule is C[N+](C)(C)CCNc1ncc(N)cc1N. The van der Waals surface area contributed by atoms with E-state index < -0.39 is 0 Å². The monoisotopic (exact) mass is 210 g/mol. The third-order valence-corrected chi connectivity index (χ3v) is 2.01. The highest BCUT2D eigenvalue weighted by Gasteiger charge is 2.07. The fourth-order valence-corrected chi connectivity index (χ4v) is 1.16. The average molecular weight is 210 g/mol. The van der Waals surface area contributed by atoms with Gasteiger partial charge in [0.1, 0.15) is 5.82 Å². The molecule has 0 saturated carbocycles. The first-order chi connectivity index (χ1) is 6.88. The summed E-state index contributed by atoms with van der Waals surface area (Å²) in [5.74, 6) is 0.706. The van der Waals surface area contributed by atoms with Gasteiger partial charge in [0, 0.05) is 0 Å². The molecule has 0 saturated heterocycles. The predicted octanol–water partition coefficient (Wildman–Crippen LogP) is 0.364. The fourth-order valence-electron chi connectivity index (χ4n) is 1.16. The maximum Gasteiger partial charge on any atom is 0.149 e. The normalized spacial score (nSPS) is 11.4. The summed E-state index contributed by atoms with van der Waals surface area (Å²) < 4.78 is 0.905. The minimum absolute atomic E-state index is 0.588. The minimum atomic E-state index is 0.588. The highest BCUT2D eigenvalue weighted by Crippen LogP contribution is 2.16. The van der Waals surface area contributed by atoms with Gasteiger partial charge in [-0.3, -0.25) is 0 Å². The standard InChI is InChI=1S/C10H20N5/c1-15(2,3)5-4-13-10-9(12)6-8(11)7-14-10/h6-7H,4-5,11-12H2,1-3H3,(H,13,14)/q+1. The van der Waals surface area contributed by atoms with Gasteiger partial charge in [-0.1, -0.05) is 0 Å². The van der Waals surface area contributed by atoms with Gasteiger partial charge >= 0.3 is 0 Å². The summed E-state index contributed by atoms with van der Waals surface area (Å²) >= 11 is 0. The van der Waals surface area contributed by atoms with E-state index in [0.717, 1.165) is 17.6 Å². The van der Waals surface area contributed by atoms with Gasteiger partial charge in [0.2, 0.25) is 0 Å². The second-order valence-electron chi connectivity index (χ2n) is 4.65. The van der Waals surface area contributed by atoms with Crippen LogP contribution in [0.3, 0.4) is 0 Å². The Balaban J connectivity index is 2.51. The Bertz CT molecular complexity index is 329. The van der Waals surface area contributed by atoms with Crippen LogP contribution in [0, 0.1) is 0 Å². The number of hydrogen-bond acceptors (Lipinski definition) is 4. The first-order valence-corrected chi connectivity index (χ1v) is 4.94. The molecule has 1 heterocycles. The number of anilines is 3. The van der Waals surface area contributed by atoms with E-state index in [2.05, 4.69) is 31.4 Å². The molecule has 0 unspecified atom stereocenters. The fraction of sp³-hybridized carbons (Fsp3) is 0.500. The van der Waals surface area contributed by atoms with E-state index in [4.69, 9.17) is 11.5 Å². The van der Waals surface area contributed by atoms with Crippen molar-refractivity contribution in [2.45, 2.75) is 0 Å². The number of nitrogens with one attached hydrogen (secondary N) is 1. The summed E-state index contributed by atoms with van der Waals surface area (Å²) in [6, 6.07) is 1.71. The van der Waals surface area contributed by atoms with E-state index in [1.165, 1.54) is 0 Å². The molecule has 0 aliphatic heterocycles. The molecule has 0 amide bonds. The Morgan fingerprint density at radius 3 is 2.53 bits per heavy atom. The second kappa shape index (κ2) is 4.35. The van der Waals surface area contributed by atoms with Crippen LogP contribution in [0.4, 0.5) is 17.2 Å². The van der Waals surface area contributed by atoms with Crippen LogP contribution in [-0.2, 0) is 0 Å². The zero-order chi connectivity index (χ0) is 11.5. The summed E-state index contributed by atoms with van der Waals surface area (Å²) in [4.78, 5) is 4.13. The van der Waals surface area contributed by atoms with Crippen LogP contribution in [0.25, 0.3) is 0 Å². The minimum Gasteiger partial charge on any atom is -0.397 e. The van der Waals surface area contributed by atoms with Crippen LogP contribution in [0.5, 0.6) is 0 Å². The number of rotatable bonds is 4. The van der Waals surface area contributed by atoms with E-state index in [1.807, 2.05) is 0 Å². The molecule has 0 atom stereocenters. The van der Waals surface area contributed by atoms with Crippen molar-refractivity contribution in [3.8, 4) is 0 Å². The van der Waals surface area contributed by atoms with Crippen LogP contribution in [0.15, 0.2) is 12.3 Å². The lowest BCUT2D eigenvalue weighted by atomic mass is 10.3. The van der Waals surface area contributed by atoms with Crippen molar-refractivity contribution in [3.63, 3.8) is 0 Å². The first-order valence-electron chi connectivity index (χ1n) is 4.94. The quantitative estimate of drug-likeness (QED) is 0.627. The molecule has 0 aromatic carbocycles. The Morgan fingerprint density at radius 2 is 2.00 bits per heavy atom. The average Bonchev–Trinajstić information content (AvgIpc) is 2.07. The first kappa shape index (κ1) is 11.6. The molecule has 1 aromatic heterocycles. The van der Waals surface area contributed by atoms with Crippen molar-refractivity contribution in [2.24, 2.45) is 0 Å². The van der Waals surface area contributed by atoms with Gasteiger partial charge in [-0.25, -0.2) is 4.98 Å². The van der Waals surface area contributed by atoms with Gasteiger partial charge in [0.25, 0.3) is 0 Å².